The van der Waals surface area contributed by atoms with E-state index in [9.17, 15) is 9.59 Å². The van der Waals surface area contributed by atoms with Crippen molar-refractivity contribution < 1.29 is 18.7 Å². The second-order valence-electron chi connectivity index (χ2n) is 8.89. The summed E-state index contributed by atoms with van der Waals surface area (Å²) in [5, 5.41) is 4.01. The van der Waals surface area contributed by atoms with Gasteiger partial charge in [0.25, 0.3) is 11.8 Å². The lowest BCUT2D eigenvalue weighted by Crippen LogP contribution is -2.46. The van der Waals surface area contributed by atoms with E-state index in [1.807, 2.05) is 84.6 Å². The number of likely N-dealkylation sites (tertiary alicyclic amines) is 1. The van der Waals surface area contributed by atoms with Crippen molar-refractivity contribution in [1.82, 2.24) is 10.2 Å². The van der Waals surface area contributed by atoms with Gasteiger partial charge in [-0.2, -0.15) is 0 Å². The first kappa shape index (κ1) is 22.7. The smallest absolute Gasteiger partial charge is 0.290 e. The highest BCUT2D eigenvalue weighted by Gasteiger charge is 2.30. The van der Waals surface area contributed by atoms with Gasteiger partial charge in [-0.3, -0.25) is 9.59 Å². The summed E-state index contributed by atoms with van der Waals surface area (Å²) in [6.45, 7) is 3.03. The second-order valence-corrected chi connectivity index (χ2v) is 8.89. The van der Waals surface area contributed by atoms with Crippen LogP contribution in [0.2, 0.25) is 0 Å². The van der Waals surface area contributed by atoms with Gasteiger partial charge in [-0.15, -0.1) is 0 Å². The molecule has 2 amide bonds. The zero-order chi connectivity index (χ0) is 24.4. The van der Waals surface area contributed by atoms with Crippen molar-refractivity contribution in [2.45, 2.75) is 25.8 Å². The van der Waals surface area contributed by atoms with Crippen LogP contribution >= 0.6 is 0 Å². The third-order valence-electron chi connectivity index (χ3n) is 6.66. The second kappa shape index (κ2) is 9.66. The Morgan fingerprint density at radius 3 is 2.40 bits per heavy atom. The molecule has 1 saturated heterocycles. The van der Waals surface area contributed by atoms with Crippen molar-refractivity contribution in [3.05, 3.63) is 89.7 Å². The summed E-state index contributed by atoms with van der Waals surface area (Å²) < 4.78 is 11.5. The molecule has 0 atom stereocenters. The molecule has 4 aromatic rings. The Morgan fingerprint density at radius 1 is 0.971 bits per heavy atom. The number of methoxy groups -OCH3 is 1. The molecule has 6 nitrogen and oxygen atoms in total. The molecule has 1 fully saturated rings. The van der Waals surface area contributed by atoms with Crippen LogP contribution in [-0.4, -0.2) is 43.0 Å². The van der Waals surface area contributed by atoms with E-state index in [2.05, 4.69) is 5.32 Å². The van der Waals surface area contributed by atoms with Crippen LogP contribution in [0, 0.1) is 6.92 Å². The third kappa shape index (κ3) is 4.52. The Labute approximate surface area is 204 Å². The number of hydrogen-bond donors (Lipinski definition) is 1. The van der Waals surface area contributed by atoms with Crippen molar-refractivity contribution >= 4 is 22.8 Å². The highest BCUT2D eigenvalue weighted by Crippen LogP contribution is 2.37. The number of carbonyl (C=O) groups is 2. The number of nitrogens with zero attached hydrogens (tertiary/aromatic N) is 1. The topological polar surface area (TPSA) is 71.8 Å². The zero-order valence-corrected chi connectivity index (χ0v) is 19.9. The maximum Gasteiger partial charge on any atom is 0.290 e. The zero-order valence-electron chi connectivity index (χ0n) is 19.9. The Bertz CT molecular complexity index is 1370. The van der Waals surface area contributed by atoms with E-state index in [-0.39, 0.29) is 17.9 Å². The molecule has 0 aliphatic carbocycles. The lowest BCUT2D eigenvalue weighted by Gasteiger charge is -2.32. The molecule has 0 radical (unpaired) electrons. The predicted octanol–water partition coefficient (Wildman–Crippen LogP) is 5.45. The van der Waals surface area contributed by atoms with Gasteiger partial charge in [0, 0.05) is 41.7 Å². The van der Waals surface area contributed by atoms with E-state index in [0.717, 1.165) is 22.1 Å². The molecular weight excluding hydrogens is 440 g/mol. The molecule has 178 valence electrons. The van der Waals surface area contributed by atoms with Crippen molar-refractivity contribution in [2.24, 2.45) is 0 Å². The van der Waals surface area contributed by atoms with Crippen molar-refractivity contribution in [2.75, 3.05) is 20.2 Å². The monoisotopic (exact) mass is 468 g/mol. The van der Waals surface area contributed by atoms with Crippen LogP contribution in [0.15, 0.2) is 77.2 Å². The van der Waals surface area contributed by atoms with Gasteiger partial charge in [-0.05, 0) is 49.1 Å². The van der Waals surface area contributed by atoms with Gasteiger partial charge in [0.15, 0.2) is 0 Å². The first-order chi connectivity index (χ1) is 17.0. The average molecular weight is 469 g/mol. The van der Waals surface area contributed by atoms with E-state index in [1.54, 1.807) is 7.11 Å². The minimum atomic E-state index is -0.136. The Balaban J connectivity index is 1.35. The maximum atomic E-state index is 13.6. The fraction of sp³-hybridized carbons (Fsp3) is 0.241. The fourth-order valence-corrected chi connectivity index (χ4v) is 4.71. The summed E-state index contributed by atoms with van der Waals surface area (Å²) >= 11 is 0. The van der Waals surface area contributed by atoms with Gasteiger partial charge in [-0.1, -0.05) is 48.5 Å². The standard InChI is InChI=1S/C29H28N2O4/c1-19-8-6-7-11-23(19)28(32)30-21-14-16-31(17-15-21)29(33)27-26(20-9-4-3-5-10-20)24-13-12-22(34-2)18-25(24)35-27/h3-13,18,21H,14-17H2,1-2H3,(H,30,32). The quantitative estimate of drug-likeness (QED) is 0.423. The SMILES string of the molecule is COc1ccc2c(-c3ccccc3)c(C(=O)N3CCC(NC(=O)c4ccccc4C)CC3)oc2c1. The van der Waals surface area contributed by atoms with Crippen LogP contribution in [0.1, 0.15) is 39.3 Å². The number of amides is 2. The van der Waals surface area contributed by atoms with Crippen molar-refractivity contribution in [1.29, 1.82) is 0 Å². The molecule has 1 aliphatic rings. The summed E-state index contributed by atoms with van der Waals surface area (Å²) in [4.78, 5) is 28.2. The molecule has 6 heteroatoms. The van der Waals surface area contributed by atoms with E-state index < -0.39 is 0 Å². The maximum absolute atomic E-state index is 13.6. The molecule has 0 unspecified atom stereocenters. The summed E-state index contributed by atoms with van der Waals surface area (Å²) in [7, 11) is 1.61. The lowest BCUT2D eigenvalue weighted by molar-refractivity contribution is 0.0670. The molecule has 3 aromatic carbocycles. The molecule has 1 aromatic heterocycles. The van der Waals surface area contributed by atoms with Gasteiger partial charge >= 0.3 is 0 Å². The largest absolute Gasteiger partial charge is 0.497 e. The van der Waals surface area contributed by atoms with Gasteiger partial charge < -0.3 is 19.4 Å². The summed E-state index contributed by atoms with van der Waals surface area (Å²) in [6.07, 6.45) is 1.39. The van der Waals surface area contributed by atoms with E-state index in [1.165, 1.54) is 0 Å². The number of hydrogen-bond acceptors (Lipinski definition) is 4. The highest BCUT2D eigenvalue weighted by atomic mass is 16.5. The number of piperidine rings is 1. The van der Waals surface area contributed by atoms with Crippen molar-refractivity contribution in [3.63, 3.8) is 0 Å². The van der Waals surface area contributed by atoms with Gasteiger partial charge in [0.1, 0.15) is 11.3 Å². The van der Waals surface area contributed by atoms with Gasteiger partial charge in [0.2, 0.25) is 5.76 Å². The number of ether oxygens (including phenoxy) is 1. The summed E-state index contributed by atoms with van der Waals surface area (Å²) in [6, 6.07) is 23.0. The van der Waals surface area contributed by atoms with Crippen LogP contribution in [0.3, 0.4) is 0 Å². The Hall–Kier alpha value is -4.06. The number of benzene rings is 3. The molecule has 0 bridgehead atoms. The van der Waals surface area contributed by atoms with Crippen LogP contribution in [0.25, 0.3) is 22.1 Å². The van der Waals surface area contributed by atoms with Crippen LogP contribution < -0.4 is 10.1 Å². The molecule has 35 heavy (non-hydrogen) atoms. The summed E-state index contributed by atoms with van der Waals surface area (Å²) in [5.41, 5.74) is 3.99. The number of nitrogens with one attached hydrogen (secondary N) is 1. The molecule has 0 spiro atoms. The van der Waals surface area contributed by atoms with E-state index in [0.29, 0.717) is 48.6 Å². The predicted molar refractivity (Wildman–Crippen MR) is 136 cm³/mol. The molecular formula is C29H28N2O4. The Kier molecular flexibility index (Phi) is 6.27. The fourth-order valence-electron chi connectivity index (χ4n) is 4.71. The molecule has 0 saturated carbocycles. The van der Waals surface area contributed by atoms with Crippen LogP contribution in [0.5, 0.6) is 5.75 Å². The first-order valence-corrected chi connectivity index (χ1v) is 11.9. The molecule has 1 aliphatic heterocycles. The van der Waals surface area contributed by atoms with Gasteiger partial charge in [0.05, 0.1) is 7.11 Å². The number of fused-ring (bicyclic) bond motifs is 1. The van der Waals surface area contributed by atoms with E-state index in [4.69, 9.17) is 9.15 Å². The first-order valence-electron chi connectivity index (χ1n) is 11.9. The minimum absolute atomic E-state index is 0.0275. The molecule has 1 N–H and O–H groups in total. The number of rotatable bonds is 5. The third-order valence-corrected chi connectivity index (χ3v) is 6.66. The van der Waals surface area contributed by atoms with Crippen molar-refractivity contribution in [3.8, 4) is 16.9 Å². The average Bonchev–Trinajstić information content (AvgIpc) is 3.28. The molecule has 2 heterocycles. The highest BCUT2D eigenvalue weighted by molar-refractivity contribution is 6.08. The number of aryl methyl sites for hydroxylation is 1. The van der Waals surface area contributed by atoms with Gasteiger partial charge in [-0.25, -0.2) is 0 Å². The normalized spacial score (nSPS) is 14.2. The minimum Gasteiger partial charge on any atom is -0.497 e. The molecule has 5 rings (SSSR count). The number of carbonyl (C=O) groups excluding carboxylic acids is 2. The van der Waals surface area contributed by atoms with E-state index >= 15 is 0 Å². The lowest BCUT2D eigenvalue weighted by atomic mass is 9.99. The van der Waals surface area contributed by atoms with Crippen LogP contribution in [-0.2, 0) is 0 Å². The van der Waals surface area contributed by atoms with Crippen LogP contribution in [0.4, 0.5) is 0 Å². The summed E-state index contributed by atoms with van der Waals surface area (Å²) in [5.74, 6) is 0.810. The number of furan rings is 1. The Morgan fingerprint density at radius 2 is 1.69 bits per heavy atom.